The third kappa shape index (κ3) is 1.90. The van der Waals surface area contributed by atoms with Gasteiger partial charge in [0.1, 0.15) is 11.0 Å². The summed E-state index contributed by atoms with van der Waals surface area (Å²) in [7, 11) is 0. The smallest absolute Gasteiger partial charge is 0.338 e. The molecule has 4 rings (SSSR count). The monoisotopic (exact) mass is 318 g/mol. The van der Waals surface area contributed by atoms with Crippen LogP contribution in [0, 0.1) is 0 Å². The van der Waals surface area contributed by atoms with Crippen LogP contribution < -0.4 is 0 Å². The molecule has 0 aliphatic carbocycles. The van der Waals surface area contributed by atoms with E-state index in [4.69, 9.17) is 0 Å². The summed E-state index contributed by atoms with van der Waals surface area (Å²) in [5.74, 6) is -2.34. The van der Waals surface area contributed by atoms with E-state index in [1.165, 1.54) is 0 Å². The van der Waals surface area contributed by atoms with Crippen LogP contribution in [-0.2, 0) is 0 Å². The van der Waals surface area contributed by atoms with E-state index in [0.29, 0.717) is 21.8 Å². The lowest BCUT2D eigenvalue weighted by atomic mass is 9.96. The zero-order chi connectivity index (χ0) is 16.8. The van der Waals surface area contributed by atoms with Crippen LogP contribution in [0.1, 0.15) is 20.7 Å². The largest absolute Gasteiger partial charge is 0.478 e. The third-order valence-electron chi connectivity index (χ3n) is 3.94. The lowest BCUT2D eigenvalue weighted by Gasteiger charge is -2.11. The van der Waals surface area contributed by atoms with Crippen molar-refractivity contribution in [2.45, 2.75) is 0 Å². The fraction of sp³-hybridized carbons (Fsp3) is 0. The molecule has 3 aromatic carbocycles. The first kappa shape index (κ1) is 14.1. The van der Waals surface area contributed by atoms with Crippen molar-refractivity contribution in [3.8, 4) is 0 Å². The van der Waals surface area contributed by atoms with Crippen molar-refractivity contribution in [2.24, 2.45) is 0 Å². The molecule has 1 aromatic heterocycles. The molecule has 0 amide bonds. The molecule has 0 spiro atoms. The van der Waals surface area contributed by atoms with Crippen LogP contribution >= 0.6 is 0 Å². The number of hydrogen-bond acceptors (Lipinski definition) is 4. The number of aromatic nitrogens is 2. The number of fused-ring (bicyclic) bond motifs is 3. The molecule has 0 saturated heterocycles. The van der Waals surface area contributed by atoms with Gasteiger partial charge in [-0.3, -0.25) is 0 Å². The molecule has 0 bridgehead atoms. The lowest BCUT2D eigenvalue weighted by Crippen LogP contribution is -2.08. The van der Waals surface area contributed by atoms with Gasteiger partial charge in [-0.1, -0.05) is 36.4 Å². The molecule has 24 heavy (non-hydrogen) atoms. The highest BCUT2D eigenvalue weighted by Gasteiger charge is 2.24. The minimum absolute atomic E-state index is 0.0381. The second-order valence-corrected chi connectivity index (χ2v) is 5.32. The topological polar surface area (TPSA) is 100 Å². The number of carboxylic acid groups (broad SMARTS) is 2. The first-order chi connectivity index (χ1) is 11.6. The molecular formula is C18H10N2O4. The molecule has 0 unspecified atom stereocenters. The van der Waals surface area contributed by atoms with Gasteiger partial charge < -0.3 is 10.2 Å². The van der Waals surface area contributed by atoms with Crippen molar-refractivity contribution in [3.05, 3.63) is 59.7 Å². The van der Waals surface area contributed by atoms with Gasteiger partial charge in [-0.15, -0.1) is 0 Å². The Balaban J connectivity index is 2.37. The van der Waals surface area contributed by atoms with Gasteiger partial charge in [0.15, 0.2) is 0 Å². The first-order valence-corrected chi connectivity index (χ1v) is 7.15. The SMILES string of the molecule is O=C(O)c1c2ccccc2c(C(=O)O)c2nc3ccccc3nc12. The number of carbonyl (C=O) groups is 2. The number of rotatable bonds is 2. The normalized spacial score (nSPS) is 11.2. The molecule has 0 aliphatic rings. The molecule has 0 saturated carbocycles. The molecule has 0 aliphatic heterocycles. The summed E-state index contributed by atoms with van der Waals surface area (Å²) >= 11 is 0. The summed E-state index contributed by atoms with van der Waals surface area (Å²) in [6, 6.07) is 13.5. The van der Waals surface area contributed by atoms with Crippen LogP contribution in [0.2, 0.25) is 0 Å². The number of para-hydroxylation sites is 2. The molecule has 4 aromatic rings. The predicted octanol–water partition coefficient (Wildman–Crippen LogP) is 3.33. The van der Waals surface area contributed by atoms with Gasteiger partial charge >= 0.3 is 11.9 Å². The van der Waals surface area contributed by atoms with Crippen LogP contribution in [0.3, 0.4) is 0 Å². The Hall–Kier alpha value is -3.54. The summed E-state index contributed by atoms with van der Waals surface area (Å²) in [5, 5.41) is 20.0. The highest BCUT2D eigenvalue weighted by molar-refractivity contribution is 6.22. The molecule has 6 heteroatoms. The number of hydrogen-bond donors (Lipinski definition) is 2. The van der Waals surface area contributed by atoms with Crippen molar-refractivity contribution in [1.82, 2.24) is 9.97 Å². The number of aromatic carboxylic acids is 2. The maximum Gasteiger partial charge on any atom is 0.338 e. The van der Waals surface area contributed by atoms with E-state index in [0.717, 1.165) is 0 Å². The van der Waals surface area contributed by atoms with Gasteiger partial charge in [0.05, 0.1) is 22.2 Å². The van der Waals surface area contributed by atoms with E-state index in [9.17, 15) is 19.8 Å². The molecule has 6 nitrogen and oxygen atoms in total. The van der Waals surface area contributed by atoms with E-state index >= 15 is 0 Å². The van der Waals surface area contributed by atoms with E-state index in [-0.39, 0.29) is 22.2 Å². The fourth-order valence-corrected chi connectivity index (χ4v) is 2.96. The fourth-order valence-electron chi connectivity index (χ4n) is 2.96. The Morgan fingerprint density at radius 3 is 1.42 bits per heavy atom. The van der Waals surface area contributed by atoms with E-state index in [1.54, 1.807) is 48.5 Å². The number of carboxylic acids is 2. The second kappa shape index (κ2) is 4.99. The van der Waals surface area contributed by atoms with E-state index < -0.39 is 11.9 Å². The number of benzene rings is 3. The highest BCUT2D eigenvalue weighted by atomic mass is 16.4. The van der Waals surface area contributed by atoms with Crippen molar-refractivity contribution >= 4 is 44.8 Å². The minimum Gasteiger partial charge on any atom is -0.478 e. The third-order valence-corrected chi connectivity index (χ3v) is 3.94. The van der Waals surface area contributed by atoms with Crippen molar-refractivity contribution in [3.63, 3.8) is 0 Å². The Labute approximate surface area is 135 Å². The molecule has 2 N–H and O–H groups in total. The van der Waals surface area contributed by atoms with Crippen LogP contribution in [0.15, 0.2) is 48.5 Å². The van der Waals surface area contributed by atoms with Crippen molar-refractivity contribution in [1.29, 1.82) is 0 Å². The van der Waals surface area contributed by atoms with Gasteiger partial charge in [0.2, 0.25) is 0 Å². The summed E-state index contributed by atoms with van der Waals surface area (Å²) in [4.78, 5) is 32.4. The van der Waals surface area contributed by atoms with Crippen LogP contribution in [-0.4, -0.2) is 32.1 Å². The summed E-state index contributed by atoms with van der Waals surface area (Å²) in [5.41, 5.74) is 1.11. The Kier molecular flexibility index (Phi) is 2.93. The highest BCUT2D eigenvalue weighted by Crippen LogP contribution is 2.32. The maximum atomic E-state index is 11.8. The lowest BCUT2D eigenvalue weighted by molar-refractivity contribution is 0.0687. The second-order valence-electron chi connectivity index (χ2n) is 5.32. The van der Waals surface area contributed by atoms with E-state index in [1.807, 2.05) is 0 Å². The predicted molar refractivity (Wildman–Crippen MR) is 88.5 cm³/mol. The van der Waals surface area contributed by atoms with Gasteiger partial charge in [0, 0.05) is 0 Å². The molecule has 0 radical (unpaired) electrons. The summed E-state index contributed by atoms with van der Waals surface area (Å²) in [6.07, 6.45) is 0. The van der Waals surface area contributed by atoms with Gasteiger partial charge in [-0.25, -0.2) is 19.6 Å². The van der Waals surface area contributed by atoms with E-state index in [2.05, 4.69) is 9.97 Å². The van der Waals surface area contributed by atoms with Crippen LogP contribution in [0.4, 0.5) is 0 Å². The molecule has 0 fully saturated rings. The zero-order valence-electron chi connectivity index (χ0n) is 12.2. The molecule has 0 atom stereocenters. The quantitative estimate of drug-likeness (QED) is 0.550. The van der Waals surface area contributed by atoms with Gasteiger partial charge in [-0.2, -0.15) is 0 Å². The van der Waals surface area contributed by atoms with Gasteiger partial charge in [0.25, 0.3) is 0 Å². The Bertz CT molecular complexity index is 1080. The minimum atomic E-state index is -1.17. The average molecular weight is 318 g/mol. The van der Waals surface area contributed by atoms with Crippen LogP contribution in [0.5, 0.6) is 0 Å². The number of nitrogens with zero attached hydrogens (tertiary/aromatic N) is 2. The zero-order valence-corrected chi connectivity index (χ0v) is 12.2. The summed E-state index contributed by atoms with van der Waals surface area (Å²) in [6.45, 7) is 0. The Morgan fingerprint density at radius 2 is 1.04 bits per heavy atom. The molecular weight excluding hydrogens is 308 g/mol. The molecule has 1 heterocycles. The first-order valence-electron chi connectivity index (χ1n) is 7.15. The average Bonchev–Trinajstić information content (AvgIpc) is 2.57. The van der Waals surface area contributed by atoms with Gasteiger partial charge in [-0.05, 0) is 22.9 Å². The van der Waals surface area contributed by atoms with Crippen LogP contribution in [0.25, 0.3) is 32.8 Å². The summed E-state index contributed by atoms with van der Waals surface area (Å²) < 4.78 is 0. The standard InChI is InChI=1S/C18H10N2O4/c21-17(22)13-9-5-1-2-6-10(9)14(18(23)24)16-15(13)19-11-7-3-4-8-12(11)20-16/h1-8H,(H,21,22)(H,23,24). The maximum absolute atomic E-state index is 11.8. The van der Waals surface area contributed by atoms with Crippen molar-refractivity contribution < 1.29 is 19.8 Å². The van der Waals surface area contributed by atoms with Crippen molar-refractivity contribution in [2.75, 3.05) is 0 Å². The molecule has 116 valence electrons. The Morgan fingerprint density at radius 1 is 0.667 bits per heavy atom.